The SMILES string of the molecule is CCOC1C(Br)CC1OC1CCCC(CC)C1. The van der Waals surface area contributed by atoms with Gasteiger partial charge in [0.15, 0.2) is 0 Å². The minimum Gasteiger partial charge on any atom is -0.375 e. The van der Waals surface area contributed by atoms with Crippen molar-refractivity contribution < 1.29 is 9.47 Å². The predicted octanol–water partition coefficient (Wildman–Crippen LogP) is 3.91. The topological polar surface area (TPSA) is 18.5 Å². The maximum Gasteiger partial charge on any atom is 0.0962 e. The van der Waals surface area contributed by atoms with Crippen LogP contribution in [0.15, 0.2) is 0 Å². The molecule has 0 N–H and O–H groups in total. The molecule has 100 valence electrons. The molecular weight excluding hydrogens is 280 g/mol. The molecule has 0 aromatic rings. The molecule has 0 saturated heterocycles. The van der Waals surface area contributed by atoms with Crippen LogP contribution in [0.3, 0.4) is 0 Å². The fourth-order valence-electron chi connectivity index (χ4n) is 3.05. The third-order valence-corrected chi connectivity index (χ3v) is 5.11. The van der Waals surface area contributed by atoms with Crippen molar-refractivity contribution >= 4 is 15.9 Å². The Hall–Kier alpha value is 0.400. The second-order valence-corrected chi connectivity index (χ2v) is 6.59. The Bertz CT molecular complexity index is 232. The molecule has 5 unspecified atom stereocenters. The Morgan fingerprint density at radius 1 is 1.18 bits per heavy atom. The Morgan fingerprint density at radius 3 is 2.65 bits per heavy atom. The van der Waals surface area contributed by atoms with Crippen molar-refractivity contribution in [1.29, 1.82) is 0 Å². The molecule has 0 amide bonds. The zero-order valence-electron chi connectivity index (χ0n) is 11.0. The van der Waals surface area contributed by atoms with Gasteiger partial charge in [-0.05, 0) is 32.1 Å². The molecule has 0 spiro atoms. The van der Waals surface area contributed by atoms with Crippen LogP contribution < -0.4 is 0 Å². The normalized spacial score (nSPS) is 42.2. The van der Waals surface area contributed by atoms with Crippen LogP contribution in [0.25, 0.3) is 0 Å². The smallest absolute Gasteiger partial charge is 0.0962 e. The highest BCUT2D eigenvalue weighted by atomic mass is 79.9. The van der Waals surface area contributed by atoms with Crippen molar-refractivity contribution in [3.63, 3.8) is 0 Å². The van der Waals surface area contributed by atoms with Crippen LogP contribution in [0.4, 0.5) is 0 Å². The zero-order chi connectivity index (χ0) is 12.3. The van der Waals surface area contributed by atoms with Gasteiger partial charge in [-0.25, -0.2) is 0 Å². The third-order valence-electron chi connectivity index (χ3n) is 4.22. The molecule has 2 aliphatic carbocycles. The molecule has 2 saturated carbocycles. The van der Waals surface area contributed by atoms with E-state index in [0.717, 1.165) is 18.9 Å². The summed E-state index contributed by atoms with van der Waals surface area (Å²) in [6, 6.07) is 0. The van der Waals surface area contributed by atoms with Crippen LogP contribution in [0.5, 0.6) is 0 Å². The van der Waals surface area contributed by atoms with E-state index in [4.69, 9.17) is 9.47 Å². The number of hydrogen-bond acceptors (Lipinski definition) is 2. The van der Waals surface area contributed by atoms with Crippen molar-refractivity contribution in [2.45, 2.75) is 75.5 Å². The molecule has 5 atom stereocenters. The van der Waals surface area contributed by atoms with Gasteiger partial charge in [-0.2, -0.15) is 0 Å². The first kappa shape index (κ1) is 13.8. The minimum absolute atomic E-state index is 0.280. The Labute approximate surface area is 114 Å². The molecule has 2 aliphatic rings. The summed E-state index contributed by atoms with van der Waals surface area (Å²) in [4.78, 5) is 0.498. The lowest BCUT2D eigenvalue weighted by molar-refractivity contribution is -0.152. The molecule has 2 nitrogen and oxygen atoms in total. The van der Waals surface area contributed by atoms with E-state index in [0.29, 0.717) is 17.0 Å². The number of alkyl halides is 1. The molecule has 0 heterocycles. The standard InChI is InChI=1S/C14H25BrO2/c1-3-10-6-5-7-11(8-10)17-13-9-12(15)14(13)16-4-2/h10-14H,3-9H2,1-2H3. The summed E-state index contributed by atoms with van der Waals surface area (Å²) in [5, 5.41) is 0. The van der Waals surface area contributed by atoms with Gasteiger partial charge in [0, 0.05) is 11.4 Å². The van der Waals surface area contributed by atoms with Gasteiger partial charge in [-0.15, -0.1) is 0 Å². The van der Waals surface area contributed by atoms with Gasteiger partial charge in [0.2, 0.25) is 0 Å². The van der Waals surface area contributed by atoms with Crippen molar-refractivity contribution in [2.24, 2.45) is 5.92 Å². The fraction of sp³-hybridized carbons (Fsp3) is 1.00. The predicted molar refractivity (Wildman–Crippen MR) is 73.7 cm³/mol. The van der Waals surface area contributed by atoms with Gasteiger partial charge >= 0.3 is 0 Å². The first-order valence-corrected chi connectivity index (χ1v) is 8.07. The zero-order valence-corrected chi connectivity index (χ0v) is 12.6. The largest absolute Gasteiger partial charge is 0.375 e. The summed E-state index contributed by atoms with van der Waals surface area (Å²) in [5.41, 5.74) is 0. The lowest BCUT2D eigenvalue weighted by Gasteiger charge is -2.43. The van der Waals surface area contributed by atoms with Crippen LogP contribution in [0.2, 0.25) is 0 Å². The van der Waals surface area contributed by atoms with Gasteiger partial charge in [-0.1, -0.05) is 42.1 Å². The highest BCUT2D eigenvalue weighted by molar-refractivity contribution is 9.09. The summed E-state index contributed by atoms with van der Waals surface area (Å²) in [6.45, 7) is 5.14. The van der Waals surface area contributed by atoms with E-state index in [2.05, 4.69) is 29.8 Å². The molecule has 2 rings (SSSR count). The van der Waals surface area contributed by atoms with Crippen LogP contribution in [-0.4, -0.2) is 29.7 Å². The molecular formula is C14H25BrO2. The lowest BCUT2D eigenvalue weighted by atomic mass is 9.84. The Morgan fingerprint density at radius 2 is 2.00 bits per heavy atom. The van der Waals surface area contributed by atoms with E-state index in [-0.39, 0.29) is 6.10 Å². The van der Waals surface area contributed by atoms with E-state index >= 15 is 0 Å². The van der Waals surface area contributed by atoms with E-state index in [1.165, 1.54) is 32.1 Å². The number of ether oxygens (including phenoxy) is 2. The summed E-state index contributed by atoms with van der Waals surface area (Å²) >= 11 is 3.65. The van der Waals surface area contributed by atoms with Crippen molar-refractivity contribution in [2.75, 3.05) is 6.61 Å². The molecule has 3 heteroatoms. The molecule has 2 fully saturated rings. The van der Waals surface area contributed by atoms with E-state index in [1.807, 2.05) is 0 Å². The first-order chi connectivity index (χ1) is 8.24. The molecule has 0 aromatic carbocycles. The van der Waals surface area contributed by atoms with Crippen LogP contribution in [-0.2, 0) is 9.47 Å². The average Bonchev–Trinajstić information content (AvgIpc) is 2.36. The number of halogens is 1. The molecule has 17 heavy (non-hydrogen) atoms. The number of rotatable bonds is 5. The first-order valence-electron chi connectivity index (χ1n) is 7.15. The van der Waals surface area contributed by atoms with Gasteiger partial charge in [0.25, 0.3) is 0 Å². The lowest BCUT2D eigenvalue weighted by Crippen LogP contribution is -2.52. The second kappa shape index (κ2) is 6.53. The van der Waals surface area contributed by atoms with E-state index in [9.17, 15) is 0 Å². The van der Waals surface area contributed by atoms with E-state index < -0.39 is 0 Å². The van der Waals surface area contributed by atoms with Gasteiger partial charge in [0.1, 0.15) is 0 Å². The van der Waals surface area contributed by atoms with Crippen LogP contribution >= 0.6 is 15.9 Å². The van der Waals surface area contributed by atoms with Crippen molar-refractivity contribution in [1.82, 2.24) is 0 Å². The molecule has 0 aliphatic heterocycles. The molecule has 0 bridgehead atoms. The van der Waals surface area contributed by atoms with Crippen molar-refractivity contribution in [3.8, 4) is 0 Å². The van der Waals surface area contributed by atoms with Gasteiger partial charge in [0.05, 0.1) is 18.3 Å². The second-order valence-electron chi connectivity index (χ2n) is 5.41. The fourth-order valence-corrected chi connectivity index (χ4v) is 3.91. The van der Waals surface area contributed by atoms with Crippen LogP contribution in [0.1, 0.15) is 52.4 Å². The maximum atomic E-state index is 6.24. The monoisotopic (exact) mass is 304 g/mol. The highest BCUT2D eigenvalue weighted by Crippen LogP contribution is 2.37. The summed E-state index contributed by atoms with van der Waals surface area (Å²) < 4.78 is 12.0. The number of hydrogen-bond donors (Lipinski definition) is 0. The Balaban J connectivity index is 1.76. The highest BCUT2D eigenvalue weighted by Gasteiger charge is 2.42. The minimum atomic E-state index is 0.280. The van der Waals surface area contributed by atoms with Crippen molar-refractivity contribution in [3.05, 3.63) is 0 Å². The maximum absolute atomic E-state index is 6.24. The summed E-state index contributed by atoms with van der Waals surface area (Å²) in [5.74, 6) is 0.888. The quantitative estimate of drug-likeness (QED) is 0.717. The summed E-state index contributed by atoms with van der Waals surface area (Å²) in [7, 11) is 0. The average molecular weight is 305 g/mol. The van der Waals surface area contributed by atoms with E-state index in [1.54, 1.807) is 0 Å². The third kappa shape index (κ3) is 3.45. The van der Waals surface area contributed by atoms with Crippen LogP contribution in [0, 0.1) is 5.92 Å². The summed E-state index contributed by atoms with van der Waals surface area (Å²) in [6.07, 6.45) is 8.77. The Kier molecular flexibility index (Phi) is 5.31. The molecule has 0 aromatic heterocycles. The van der Waals surface area contributed by atoms with Gasteiger partial charge < -0.3 is 9.47 Å². The molecule has 0 radical (unpaired) electrons. The van der Waals surface area contributed by atoms with Gasteiger partial charge in [-0.3, -0.25) is 0 Å².